The van der Waals surface area contributed by atoms with Gasteiger partial charge in [-0.1, -0.05) is 37.2 Å². The Morgan fingerprint density at radius 3 is 2.62 bits per heavy atom. The summed E-state index contributed by atoms with van der Waals surface area (Å²) in [5.41, 5.74) is -0.789. The molecule has 1 unspecified atom stereocenters. The van der Waals surface area contributed by atoms with E-state index in [1.165, 1.54) is 0 Å². The standard InChI is InChI=1S/C14H16ClF3N4OS/c1-7(2)8(3)19-11(23)6-24-13-21-20-12-10(15)4-9(5-22(12)13)14(16,17)18/h4-5,7-8H,6H2,1-3H3,(H,19,23). The number of fused-ring (bicyclic) bond motifs is 1. The van der Waals surface area contributed by atoms with Crippen LogP contribution in [-0.2, 0) is 11.0 Å². The molecule has 132 valence electrons. The number of hydrogen-bond donors (Lipinski definition) is 1. The van der Waals surface area contributed by atoms with Gasteiger partial charge in [0.05, 0.1) is 16.3 Å². The molecular formula is C14H16ClF3N4OS. The molecule has 0 saturated carbocycles. The Morgan fingerprint density at radius 2 is 2.04 bits per heavy atom. The molecule has 2 aromatic rings. The highest BCUT2D eigenvalue weighted by Crippen LogP contribution is 2.33. The average Bonchev–Trinajstić information content (AvgIpc) is 2.87. The normalized spacial score (nSPS) is 13.5. The Hall–Kier alpha value is -1.48. The minimum Gasteiger partial charge on any atom is -0.353 e. The maximum Gasteiger partial charge on any atom is 0.417 e. The van der Waals surface area contributed by atoms with Crippen molar-refractivity contribution < 1.29 is 18.0 Å². The molecule has 2 aromatic heterocycles. The van der Waals surface area contributed by atoms with Gasteiger partial charge in [0, 0.05) is 12.2 Å². The quantitative estimate of drug-likeness (QED) is 0.804. The molecular weight excluding hydrogens is 365 g/mol. The third kappa shape index (κ3) is 4.32. The second kappa shape index (κ2) is 7.18. The zero-order chi connectivity index (χ0) is 18.1. The SMILES string of the molecule is CC(C)C(C)NC(=O)CSc1nnc2c(Cl)cc(C(F)(F)F)cn12. The van der Waals surface area contributed by atoms with Crippen molar-refractivity contribution in [3.05, 3.63) is 22.8 Å². The number of pyridine rings is 1. The summed E-state index contributed by atoms with van der Waals surface area (Å²) >= 11 is 6.83. The molecule has 0 aromatic carbocycles. The molecule has 1 N–H and O–H groups in total. The van der Waals surface area contributed by atoms with Gasteiger partial charge in [-0.3, -0.25) is 9.20 Å². The highest BCUT2D eigenvalue weighted by atomic mass is 35.5. The molecule has 0 spiro atoms. The maximum absolute atomic E-state index is 12.9. The molecule has 1 atom stereocenters. The third-order valence-electron chi connectivity index (χ3n) is 3.48. The van der Waals surface area contributed by atoms with Crippen LogP contribution in [0.4, 0.5) is 13.2 Å². The number of hydrogen-bond acceptors (Lipinski definition) is 4. The monoisotopic (exact) mass is 380 g/mol. The Morgan fingerprint density at radius 1 is 1.38 bits per heavy atom. The predicted octanol–water partition coefficient (Wildman–Crippen LogP) is 3.65. The predicted molar refractivity (Wildman–Crippen MR) is 86.2 cm³/mol. The Bertz CT molecular complexity index is 747. The van der Waals surface area contributed by atoms with E-state index in [9.17, 15) is 18.0 Å². The molecule has 0 aliphatic rings. The lowest BCUT2D eigenvalue weighted by Crippen LogP contribution is -2.37. The van der Waals surface area contributed by atoms with Gasteiger partial charge in [-0.05, 0) is 18.9 Å². The van der Waals surface area contributed by atoms with E-state index < -0.39 is 11.7 Å². The van der Waals surface area contributed by atoms with Crippen LogP contribution in [0, 0.1) is 5.92 Å². The molecule has 24 heavy (non-hydrogen) atoms. The van der Waals surface area contributed by atoms with E-state index in [-0.39, 0.29) is 39.4 Å². The van der Waals surface area contributed by atoms with E-state index in [0.717, 1.165) is 28.4 Å². The Kier molecular flexibility index (Phi) is 5.64. The zero-order valence-electron chi connectivity index (χ0n) is 13.2. The molecule has 0 aliphatic carbocycles. The van der Waals surface area contributed by atoms with Gasteiger partial charge in [-0.25, -0.2) is 0 Å². The van der Waals surface area contributed by atoms with Gasteiger partial charge in [0.25, 0.3) is 0 Å². The second-order valence-electron chi connectivity index (χ2n) is 5.64. The molecule has 0 aliphatic heterocycles. The molecule has 2 heterocycles. The summed E-state index contributed by atoms with van der Waals surface area (Å²) in [6.45, 7) is 5.84. The number of carbonyl (C=O) groups is 1. The van der Waals surface area contributed by atoms with E-state index >= 15 is 0 Å². The van der Waals surface area contributed by atoms with Crippen molar-refractivity contribution in [2.24, 2.45) is 5.92 Å². The number of nitrogens with zero attached hydrogens (tertiary/aromatic N) is 3. The zero-order valence-corrected chi connectivity index (χ0v) is 14.8. The number of carbonyl (C=O) groups excluding carboxylic acids is 1. The van der Waals surface area contributed by atoms with Crippen LogP contribution in [0.3, 0.4) is 0 Å². The van der Waals surface area contributed by atoms with Crippen LogP contribution >= 0.6 is 23.4 Å². The Labute approximate surface area is 146 Å². The van der Waals surface area contributed by atoms with Crippen LogP contribution in [0.2, 0.25) is 5.02 Å². The number of thioether (sulfide) groups is 1. The molecule has 10 heteroatoms. The second-order valence-corrected chi connectivity index (χ2v) is 6.99. The van der Waals surface area contributed by atoms with Gasteiger partial charge in [0.1, 0.15) is 0 Å². The number of amides is 1. The summed E-state index contributed by atoms with van der Waals surface area (Å²) in [4.78, 5) is 11.9. The molecule has 5 nitrogen and oxygen atoms in total. The minimum absolute atomic E-state index is 0.000444. The minimum atomic E-state index is -4.53. The maximum atomic E-state index is 12.9. The van der Waals surface area contributed by atoms with Crippen molar-refractivity contribution in [1.82, 2.24) is 19.9 Å². The van der Waals surface area contributed by atoms with Crippen molar-refractivity contribution in [2.75, 3.05) is 5.75 Å². The topological polar surface area (TPSA) is 59.3 Å². The lowest BCUT2D eigenvalue weighted by molar-refractivity contribution is -0.137. The van der Waals surface area contributed by atoms with Crippen molar-refractivity contribution in [2.45, 2.75) is 38.1 Å². The lowest BCUT2D eigenvalue weighted by atomic mass is 10.1. The van der Waals surface area contributed by atoms with Crippen molar-refractivity contribution in [1.29, 1.82) is 0 Å². The first kappa shape index (κ1) is 18.9. The Balaban J connectivity index is 2.18. The average molecular weight is 381 g/mol. The van der Waals surface area contributed by atoms with Crippen LogP contribution in [0.5, 0.6) is 0 Å². The van der Waals surface area contributed by atoms with Crippen LogP contribution in [0.15, 0.2) is 17.4 Å². The van der Waals surface area contributed by atoms with Crippen molar-refractivity contribution in [3.63, 3.8) is 0 Å². The number of aromatic nitrogens is 3. The van der Waals surface area contributed by atoms with Crippen LogP contribution < -0.4 is 5.32 Å². The molecule has 1 amide bonds. The largest absolute Gasteiger partial charge is 0.417 e. The first-order valence-electron chi connectivity index (χ1n) is 7.13. The summed E-state index contributed by atoms with van der Waals surface area (Å²) in [6, 6.07) is 0.802. The van der Waals surface area contributed by atoms with Crippen molar-refractivity contribution in [3.8, 4) is 0 Å². The van der Waals surface area contributed by atoms with Gasteiger partial charge in [-0.15, -0.1) is 10.2 Å². The highest BCUT2D eigenvalue weighted by molar-refractivity contribution is 7.99. The van der Waals surface area contributed by atoms with Gasteiger partial charge in [-0.2, -0.15) is 13.2 Å². The number of halogens is 4. The first-order chi connectivity index (χ1) is 11.1. The van der Waals surface area contributed by atoms with Gasteiger partial charge in [0.2, 0.25) is 5.91 Å². The molecule has 0 saturated heterocycles. The number of alkyl halides is 3. The summed E-state index contributed by atoms with van der Waals surface area (Å²) < 4.78 is 39.8. The molecule has 0 radical (unpaired) electrons. The lowest BCUT2D eigenvalue weighted by Gasteiger charge is -2.17. The van der Waals surface area contributed by atoms with E-state index in [1.54, 1.807) is 0 Å². The van der Waals surface area contributed by atoms with Crippen molar-refractivity contribution >= 4 is 34.9 Å². The fourth-order valence-corrected chi connectivity index (χ4v) is 2.75. The fraction of sp³-hybridized carbons (Fsp3) is 0.500. The van der Waals surface area contributed by atoms with Gasteiger partial charge >= 0.3 is 6.18 Å². The third-order valence-corrected chi connectivity index (χ3v) is 4.70. The number of nitrogens with one attached hydrogen (secondary N) is 1. The number of rotatable bonds is 5. The van der Waals surface area contributed by atoms with Crippen LogP contribution in [0.1, 0.15) is 26.3 Å². The molecule has 2 rings (SSSR count). The van der Waals surface area contributed by atoms with Gasteiger partial charge < -0.3 is 5.32 Å². The summed E-state index contributed by atoms with van der Waals surface area (Å²) in [5.74, 6) is 0.0724. The summed E-state index contributed by atoms with van der Waals surface area (Å²) in [5, 5.41) is 10.4. The van der Waals surface area contributed by atoms with E-state index in [2.05, 4.69) is 15.5 Å². The van der Waals surface area contributed by atoms with E-state index in [0.29, 0.717) is 0 Å². The van der Waals surface area contributed by atoms with Crippen LogP contribution in [-0.4, -0.2) is 32.3 Å². The van der Waals surface area contributed by atoms with E-state index in [4.69, 9.17) is 11.6 Å². The fourth-order valence-electron chi connectivity index (χ4n) is 1.78. The molecule has 0 bridgehead atoms. The summed E-state index contributed by atoms with van der Waals surface area (Å²) in [7, 11) is 0. The van der Waals surface area contributed by atoms with Crippen LogP contribution in [0.25, 0.3) is 5.65 Å². The summed E-state index contributed by atoms with van der Waals surface area (Å²) in [6.07, 6.45) is -3.66. The van der Waals surface area contributed by atoms with Gasteiger partial charge in [0.15, 0.2) is 10.8 Å². The first-order valence-corrected chi connectivity index (χ1v) is 8.49. The smallest absolute Gasteiger partial charge is 0.353 e. The van der Waals surface area contributed by atoms with E-state index in [1.807, 2.05) is 20.8 Å². The molecule has 0 fully saturated rings. The highest BCUT2D eigenvalue weighted by Gasteiger charge is 2.32.